The number of esters is 1. The molecule has 0 aliphatic carbocycles. The summed E-state index contributed by atoms with van der Waals surface area (Å²) in [5, 5.41) is 3.78. The number of imidazole rings is 1. The minimum absolute atomic E-state index is 0. The van der Waals surface area contributed by atoms with E-state index in [4.69, 9.17) is 18.9 Å². The minimum Gasteiger partial charge on any atom is -0.465 e. The molecule has 0 saturated carbocycles. The van der Waals surface area contributed by atoms with Gasteiger partial charge >= 0.3 is 63.1 Å². The molecule has 11 nitrogen and oxygen atoms in total. The number of hydrogen-bond acceptors (Lipinski definition) is 9. The van der Waals surface area contributed by atoms with Crippen molar-refractivity contribution in [3.05, 3.63) is 112 Å². The number of rotatable bonds is 9. The fraction of sp³-hybridized carbons (Fsp3) is 0.161. The third kappa shape index (κ3) is 6.38. The van der Waals surface area contributed by atoms with Crippen LogP contribution in [-0.4, -0.2) is 33.9 Å². The Morgan fingerprint density at radius 2 is 1.79 bits per heavy atom. The monoisotopic (exact) mass is 604 g/mol. The summed E-state index contributed by atoms with van der Waals surface area (Å²) in [6.07, 6.45) is 0. The van der Waals surface area contributed by atoms with Crippen molar-refractivity contribution < 1.29 is 79.6 Å². The standard InChI is InChI=1S/C31H26N4O7.K/c1-4-38-30-32-25-11-7-10-24(29(36)39-17-26-18(2)40-19(3)41-26)27(25)35(30)16-20-12-14-21(15-13-20)22-8-5-6-9-23(22)28-33-31(37)42-34-28;/h5-15H,3-4,16-17H2,1-2H3,(H,33,34,37);/q;+1/p-1. The Hall–Kier alpha value is -3.94. The number of nitrogens with zero attached hydrogens (tertiary/aromatic N) is 4. The van der Waals surface area contributed by atoms with Crippen LogP contribution >= 0.6 is 0 Å². The molecule has 0 spiro atoms. The molecule has 0 N–H and O–H groups in total. The van der Waals surface area contributed by atoms with Crippen LogP contribution in [0.25, 0.3) is 33.5 Å². The third-order valence-corrected chi connectivity index (χ3v) is 6.64. The molecule has 2 aromatic heterocycles. The quantitative estimate of drug-likeness (QED) is 0.182. The Balaban J connectivity index is 0.00000368. The maximum atomic E-state index is 13.2. The first-order valence-corrected chi connectivity index (χ1v) is 13.1. The topological polar surface area (TPSA) is 129 Å². The maximum absolute atomic E-state index is 13.2. The summed E-state index contributed by atoms with van der Waals surface area (Å²) in [5.41, 5.74) is 4.90. The number of ether oxygens (including phenoxy) is 4. The first-order chi connectivity index (χ1) is 20.4. The van der Waals surface area contributed by atoms with Crippen LogP contribution in [0.3, 0.4) is 0 Å². The third-order valence-electron chi connectivity index (χ3n) is 6.64. The van der Waals surface area contributed by atoms with Crippen molar-refractivity contribution in [3.63, 3.8) is 0 Å². The van der Waals surface area contributed by atoms with Crippen molar-refractivity contribution in [2.75, 3.05) is 13.2 Å². The fourth-order valence-electron chi connectivity index (χ4n) is 4.73. The van der Waals surface area contributed by atoms with Gasteiger partial charge in [-0.05, 0) is 60.6 Å². The van der Waals surface area contributed by atoms with Crippen molar-refractivity contribution in [2.45, 2.75) is 20.4 Å². The predicted molar refractivity (Wildman–Crippen MR) is 151 cm³/mol. The van der Waals surface area contributed by atoms with E-state index in [0.717, 1.165) is 16.7 Å². The predicted octanol–water partition coefficient (Wildman–Crippen LogP) is 2.03. The first kappa shape index (κ1) is 30.5. The van der Waals surface area contributed by atoms with Gasteiger partial charge in [0.15, 0.2) is 12.4 Å². The van der Waals surface area contributed by atoms with Gasteiger partial charge in [0.05, 0.1) is 29.7 Å². The Morgan fingerprint density at radius 1 is 1.02 bits per heavy atom. The Bertz CT molecular complexity index is 1900. The van der Waals surface area contributed by atoms with Gasteiger partial charge in [-0.3, -0.25) is 9.72 Å². The second-order valence-corrected chi connectivity index (χ2v) is 9.34. The van der Waals surface area contributed by atoms with E-state index in [1.54, 1.807) is 19.1 Å². The van der Waals surface area contributed by atoms with Crippen LogP contribution in [0.15, 0.2) is 100 Å². The molecule has 212 valence electrons. The molecular formula is C31H25KN4O7. The molecule has 0 fully saturated rings. The average molecular weight is 605 g/mol. The first-order valence-electron chi connectivity index (χ1n) is 13.1. The molecule has 0 radical (unpaired) electrons. The van der Waals surface area contributed by atoms with Gasteiger partial charge in [0.25, 0.3) is 12.0 Å². The van der Waals surface area contributed by atoms with Crippen LogP contribution < -0.4 is 66.9 Å². The van der Waals surface area contributed by atoms with E-state index in [0.29, 0.717) is 52.8 Å². The molecule has 43 heavy (non-hydrogen) atoms. The zero-order valence-corrected chi connectivity index (χ0v) is 26.9. The second-order valence-electron chi connectivity index (χ2n) is 9.34. The van der Waals surface area contributed by atoms with Gasteiger partial charge in [-0.2, -0.15) is 4.98 Å². The zero-order valence-electron chi connectivity index (χ0n) is 23.8. The number of carbonyl (C=O) groups excluding carboxylic acids is 1. The van der Waals surface area contributed by atoms with Crippen LogP contribution in [0.4, 0.5) is 0 Å². The molecule has 1 aliphatic heterocycles. The summed E-state index contributed by atoms with van der Waals surface area (Å²) in [6.45, 7) is 7.88. The maximum Gasteiger partial charge on any atom is 1.00 e. The summed E-state index contributed by atoms with van der Waals surface area (Å²) in [7, 11) is 0. The van der Waals surface area contributed by atoms with Gasteiger partial charge in [-0.15, -0.1) is 0 Å². The fourth-order valence-corrected chi connectivity index (χ4v) is 4.73. The molecule has 5 aromatic rings. The summed E-state index contributed by atoms with van der Waals surface area (Å²) < 4.78 is 28.6. The van der Waals surface area contributed by atoms with E-state index in [2.05, 4.69) is 26.2 Å². The van der Waals surface area contributed by atoms with Gasteiger partial charge in [-0.1, -0.05) is 54.6 Å². The zero-order chi connectivity index (χ0) is 29.2. The summed E-state index contributed by atoms with van der Waals surface area (Å²) >= 11 is 0. The molecule has 3 heterocycles. The van der Waals surface area contributed by atoms with Gasteiger partial charge in [0.1, 0.15) is 5.76 Å². The molecule has 12 heteroatoms. The summed E-state index contributed by atoms with van der Waals surface area (Å²) in [6, 6.07) is 21.0. The largest absolute Gasteiger partial charge is 1.00 e. The van der Waals surface area contributed by atoms with Crippen LogP contribution in [0.5, 0.6) is 6.01 Å². The number of aromatic nitrogens is 4. The van der Waals surface area contributed by atoms with Crippen molar-refractivity contribution in [2.24, 2.45) is 0 Å². The number of para-hydroxylation sites is 1. The Labute approximate surface area is 288 Å². The molecule has 0 unspecified atom stereocenters. The minimum atomic E-state index is -0.741. The van der Waals surface area contributed by atoms with Gasteiger partial charge in [0.2, 0.25) is 0 Å². The summed E-state index contributed by atoms with van der Waals surface area (Å²) in [4.78, 5) is 33.2. The normalized spacial score (nSPS) is 12.6. The van der Waals surface area contributed by atoms with Crippen molar-refractivity contribution in [1.29, 1.82) is 0 Å². The smallest absolute Gasteiger partial charge is 0.465 e. The van der Waals surface area contributed by atoms with Crippen molar-refractivity contribution in [1.82, 2.24) is 19.7 Å². The van der Waals surface area contributed by atoms with Crippen LogP contribution in [0.2, 0.25) is 0 Å². The Kier molecular flexibility index (Phi) is 9.33. The number of fused-ring (bicyclic) bond motifs is 1. The molecule has 3 aromatic carbocycles. The number of hydrogen-bond donors (Lipinski definition) is 0. The Morgan fingerprint density at radius 3 is 2.47 bits per heavy atom. The SMILES string of the molecule is C=C1OC(C)=C(COC(=O)c2cccc3nc(OCC)n(Cc4ccc(-c5ccccc5-c5noc(=O)[n-]5)cc4)c23)O1.[K+]. The molecule has 0 atom stereocenters. The van der Waals surface area contributed by atoms with Crippen molar-refractivity contribution in [3.8, 4) is 28.5 Å². The second kappa shape index (κ2) is 13.1. The van der Waals surface area contributed by atoms with E-state index in [1.165, 1.54) is 0 Å². The number of allylic oxidation sites excluding steroid dienone is 1. The number of benzene rings is 3. The van der Waals surface area contributed by atoms with Crippen molar-refractivity contribution >= 4 is 17.0 Å². The van der Waals surface area contributed by atoms with Gasteiger partial charge in [-0.25, -0.2) is 9.59 Å². The van der Waals surface area contributed by atoms with Crippen LogP contribution in [-0.2, 0) is 20.8 Å². The number of carbonyl (C=O) groups is 1. The molecule has 0 amide bonds. The summed E-state index contributed by atoms with van der Waals surface area (Å²) in [5.74, 6) is -0.0302. The van der Waals surface area contributed by atoms with E-state index in [9.17, 15) is 9.59 Å². The van der Waals surface area contributed by atoms with Gasteiger partial charge in [0, 0.05) is 0 Å². The van der Waals surface area contributed by atoms with Gasteiger partial charge < -0.3 is 28.5 Å². The van der Waals surface area contributed by atoms with E-state index in [1.807, 2.05) is 66.1 Å². The molecular weight excluding hydrogens is 579 g/mol. The van der Waals surface area contributed by atoms with E-state index in [-0.39, 0.29) is 69.8 Å². The average Bonchev–Trinajstić information content (AvgIpc) is 3.68. The molecule has 6 rings (SSSR count). The molecule has 0 saturated heterocycles. The molecule has 0 bridgehead atoms. The van der Waals surface area contributed by atoms with Crippen LogP contribution in [0, 0.1) is 0 Å². The molecule has 1 aliphatic rings. The van der Waals surface area contributed by atoms with E-state index < -0.39 is 11.7 Å². The van der Waals surface area contributed by atoms with E-state index >= 15 is 0 Å². The van der Waals surface area contributed by atoms with Crippen LogP contribution in [0.1, 0.15) is 29.8 Å².